The summed E-state index contributed by atoms with van der Waals surface area (Å²) in [4.78, 5) is 21.2. The fourth-order valence-corrected chi connectivity index (χ4v) is 0.678. The maximum Gasteiger partial charge on any atom is 0.338 e. The molecule has 0 fully saturated rings. The van der Waals surface area contributed by atoms with Gasteiger partial charge in [-0.2, -0.15) is 0 Å². The minimum absolute atomic E-state index is 0.0117. The second-order valence-corrected chi connectivity index (χ2v) is 2.07. The highest BCUT2D eigenvalue weighted by Gasteiger charge is 2.11. The maximum atomic E-state index is 10.8. The third kappa shape index (κ3) is 1.42. The van der Waals surface area contributed by atoms with Crippen LogP contribution in [0.3, 0.4) is 0 Å². The Labute approximate surface area is 68.1 Å². The second-order valence-electron chi connectivity index (χ2n) is 2.07. The van der Waals surface area contributed by atoms with Gasteiger partial charge < -0.3 is 9.52 Å². The fourth-order valence-electron chi connectivity index (χ4n) is 0.678. The van der Waals surface area contributed by atoms with Crippen LogP contribution in [0, 0.1) is 0 Å². The number of hydrogen-bond acceptors (Lipinski definition) is 3. The molecule has 0 aliphatic carbocycles. The van der Waals surface area contributed by atoms with Crippen molar-refractivity contribution in [1.29, 1.82) is 0 Å². The van der Waals surface area contributed by atoms with E-state index in [9.17, 15) is 9.59 Å². The first kappa shape index (κ1) is 8.26. The van der Waals surface area contributed by atoms with Crippen LogP contribution < -0.4 is 0 Å². The number of ketones is 1. The van der Waals surface area contributed by atoms with Crippen LogP contribution in [-0.2, 0) is 0 Å². The minimum atomic E-state index is -1.12. The summed E-state index contributed by atoms with van der Waals surface area (Å²) in [6.07, 6.45) is 2.07. The molecule has 12 heavy (non-hydrogen) atoms. The summed E-state index contributed by atoms with van der Waals surface area (Å²) in [5.74, 6) is -1.56. The van der Waals surface area contributed by atoms with Crippen molar-refractivity contribution in [3.05, 3.63) is 36.3 Å². The molecule has 0 atom stereocenters. The van der Waals surface area contributed by atoms with E-state index in [1.54, 1.807) is 0 Å². The van der Waals surface area contributed by atoms with Crippen LogP contribution in [-0.4, -0.2) is 16.9 Å². The molecule has 1 heterocycles. The van der Waals surface area contributed by atoms with E-state index in [1.807, 2.05) is 0 Å². The Morgan fingerprint density at radius 1 is 1.58 bits per heavy atom. The molecule has 0 spiro atoms. The Kier molecular flexibility index (Phi) is 2.09. The highest BCUT2D eigenvalue weighted by atomic mass is 16.4. The Hall–Kier alpha value is -1.84. The summed E-state index contributed by atoms with van der Waals surface area (Å²) < 4.78 is 4.68. The topological polar surface area (TPSA) is 67.5 Å². The van der Waals surface area contributed by atoms with Crippen LogP contribution in [0.15, 0.2) is 29.4 Å². The molecule has 0 bridgehead atoms. The van der Waals surface area contributed by atoms with Crippen LogP contribution in [0.5, 0.6) is 0 Å². The number of carboxylic acids is 1. The molecule has 0 radical (unpaired) electrons. The van der Waals surface area contributed by atoms with Crippen molar-refractivity contribution < 1.29 is 19.1 Å². The van der Waals surface area contributed by atoms with Crippen LogP contribution in [0.2, 0.25) is 0 Å². The Morgan fingerprint density at radius 2 is 2.25 bits per heavy atom. The smallest absolute Gasteiger partial charge is 0.338 e. The zero-order chi connectivity index (χ0) is 9.14. The number of rotatable bonds is 3. The van der Waals surface area contributed by atoms with E-state index >= 15 is 0 Å². The zero-order valence-corrected chi connectivity index (χ0v) is 6.11. The molecule has 1 aromatic rings. The quantitative estimate of drug-likeness (QED) is 0.543. The van der Waals surface area contributed by atoms with Gasteiger partial charge in [-0.1, -0.05) is 6.58 Å². The van der Waals surface area contributed by atoms with Crippen molar-refractivity contribution >= 4 is 11.8 Å². The normalized spacial score (nSPS) is 9.33. The Bertz CT molecular complexity index is 335. The van der Waals surface area contributed by atoms with Gasteiger partial charge in [-0.15, -0.1) is 0 Å². The third-order valence-electron chi connectivity index (χ3n) is 1.27. The maximum absolute atomic E-state index is 10.8. The van der Waals surface area contributed by atoms with Crippen molar-refractivity contribution in [1.82, 2.24) is 0 Å². The number of hydrogen-bond donors (Lipinski definition) is 1. The van der Waals surface area contributed by atoms with Crippen molar-refractivity contribution in [3.63, 3.8) is 0 Å². The van der Waals surface area contributed by atoms with Gasteiger partial charge in [-0.05, 0) is 6.08 Å². The average molecular weight is 166 g/mol. The molecular weight excluding hydrogens is 160 g/mol. The van der Waals surface area contributed by atoms with Crippen molar-refractivity contribution in [2.75, 3.05) is 0 Å². The third-order valence-corrected chi connectivity index (χ3v) is 1.27. The van der Waals surface area contributed by atoms with E-state index in [0.717, 1.165) is 18.4 Å². The molecule has 0 saturated heterocycles. The molecule has 0 saturated carbocycles. The lowest BCUT2D eigenvalue weighted by atomic mass is 10.2. The average Bonchev–Trinajstić information content (AvgIpc) is 2.51. The van der Waals surface area contributed by atoms with Gasteiger partial charge in [0.05, 0.1) is 5.56 Å². The highest BCUT2D eigenvalue weighted by Crippen LogP contribution is 2.08. The molecule has 62 valence electrons. The van der Waals surface area contributed by atoms with E-state index < -0.39 is 11.8 Å². The van der Waals surface area contributed by atoms with Crippen LogP contribution >= 0.6 is 0 Å². The molecular formula is C8H6O4. The fraction of sp³-hybridized carbons (Fsp3) is 0. The standard InChI is InChI=1S/C8H6O4/c1-2-6(9)7-3-5(4-12-7)8(10)11/h2-4H,1H2,(H,10,11). The lowest BCUT2D eigenvalue weighted by Gasteiger charge is -1.82. The highest BCUT2D eigenvalue weighted by molar-refractivity contribution is 6.03. The number of carbonyl (C=O) groups excluding carboxylic acids is 1. The summed E-state index contributed by atoms with van der Waals surface area (Å²) in [6.45, 7) is 3.23. The van der Waals surface area contributed by atoms with Gasteiger partial charge in [-0.25, -0.2) is 4.79 Å². The van der Waals surface area contributed by atoms with E-state index in [-0.39, 0.29) is 11.3 Å². The summed E-state index contributed by atoms with van der Waals surface area (Å²) in [6, 6.07) is 1.16. The number of allylic oxidation sites excluding steroid dienone is 1. The first-order chi connectivity index (χ1) is 5.65. The Balaban J connectivity index is 2.99. The van der Waals surface area contributed by atoms with Gasteiger partial charge in [0, 0.05) is 6.07 Å². The van der Waals surface area contributed by atoms with Gasteiger partial charge in [0.2, 0.25) is 5.78 Å². The number of carbonyl (C=O) groups is 2. The second kappa shape index (κ2) is 3.04. The predicted molar refractivity (Wildman–Crippen MR) is 40.2 cm³/mol. The molecule has 0 aliphatic rings. The molecule has 0 aromatic carbocycles. The van der Waals surface area contributed by atoms with E-state index in [1.165, 1.54) is 0 Å². The van der Waals surface area contributed by atoms with E-state index in [0.29, 0.717) is 0 Å². The van der Waals surface area contributed by atoms with Crippen LogP contribution in [0.25, 0.3) is 0 Å². The lowest BCUT2D eigenvalue weighted by Crippen LogP contribution is -1.93. The molecule has 4 nitrogen and oxygen atoms in total. The van der Waals surface area contributed by atoms with Crippen LogP contribution in [0.4, 0.5) is 0 Å². The summed E-state index contributed by atoms with van der Waals surface area (Å²) in [5.41, 5.74) is -0.0415. The minimum Gasteiger partial charge on any atom is -0.478 e. The molecule has 1 N–H and O–H groups in total. The van der Waals surface area contributed by atoms with E-state index in [4.69, 9.17) is 5.11 Å². The zero-order valence-electron chi connectivity index (χ0n) is 6.11. The summed E-state index contributed by atoms with van der Waals surface area (Å²) in [5, 5.41) is 8.46. The van der Waals surface area contributed by atoms with Gasteiger partial charge >= 0.3 is 5.97 Å². The molecule has 1 aromatic heterocycles. The lowest BCUT2D eigenvalue weighted by molar-refractivity contribution is 0.0696. The number of carboxylic acid groups (broad SMARTS) is 1. The van der Waals surface area contributed by atoms with E-state index in [2.05, 4.69) is 11.0 Å². The SMILES string of the molecule is C=CC(=O)c1cc(C(=O)O)co1. The van der Waals surface area contributed by atoms with Gasteiger partial charge in [-0.3, -0.25) is 4.79 Å². The van der Waals surface area contributed by atoms with Crippen molar-refractivity contribution in [3.8, 4) is 0 Å². The summed E-state index contributed by atoms with van der Waals surface area (Å²) in [7, 11) is 0. The van der Waals surface area contributed by atoms with Crippen molar-refractivity contribution in [2.24, 2.45) is 0 Å². The van der Waals surface area contributed by atoms with Gasteiger partial charge in [0.1, 0.15) is 6.26 Å². The first-order valence-electron chi connectivity index (χ1n) is 3.13. The number of aromatic carboxylic acids is 1. The molecule has 0 unspecified atom stereocenters. The molecule has 1 rings (SSSR count). The summed E-state index contributed by atoms with van der Waals surface area (Å²) >= 11 is 0. The largest absolute Gasteiger partial charge is 0.478 e. The van der Waals surface area contributed by atoms with Gasteiger partial charge in [0.25, 0.3) is 0 Å². The van der Waals surface area contributed by atoms with Crippen LogP contribution in [0.1, 0.15) is 20.9 Å². The van der Waals surface area contributed by atoms with Gasteiger partial charge in [0.15, 0.2) is 5.76 Å². The Morgan fingerprint density at radius 3 is 2.67 bits per heavy atom. The predicted octanol–water partition coefficient (Wildman–Crippen LogP) is 1.35. The molecule has 0 aliphatic heterocycles. The number of furan rings is 1. The molecule has 4 heteroatoms. The monoisotopic (exact) mass is 166 g/mol. The molecule has 0 amide bonds. The van der Waals surface area contributed by atoms with Crippen molar-refractivity contribution in [2.45, 2.75) is 0 Å². The first-order valence-corrected chi connectivity index (χ1v) is 3.13.